The highest BCUT2D eigenvalue weighted by atomic mass is 19.1. The van der Waals surface area contributed by atoms with Crippen LogP contribution in [0.25, 0.3) is 0 Å². The molecule has 1 aliphatic rings. The molecule has 0 atom stereocenters. The van der Waals surface area contributed by atoms with Gasteiger partial charge in [0.2, 0.25) is 0 Å². The van der Waals surface area contributed by atoms with E-state index in [2.05, 4.69) is 39.6 Å². The van der Waals surface area contributed by atoms with Crippen LogP contribution >= 0.6 is 0 Å². The Balaban J connectivity index is 1.54. The van der Waals surface area contributed by atoms with Gasteiger partial charge in [0.25, 0.3) is 0 Å². The summed E-state index contributed by atoms with van der Waals surface area (Å²) in [5, 5.41) is 7.06. The third-order valence-corrected chi connectivity index (χ3v) is 4.44. The molecule has 0 saturated carbocycles. The Hall–Kier alpha value is -2.40. The molecule has 0 amide bonds. The predicted molar refractivity (Wildman–Crippen MR) is 95.0 cm³/mol. The fourth-order valence-electron chi connectivity index (χ4n) is 3.11. The van der Waals surface area contributed by atoms with E-state index in [1.807, 2.05) is 6.07 Å². The number of nitrogens with two attached hydrogens (primary N) is 1. The lowest BCUT2D eigenvalue weighted by Crippen LogP contribution is -2.45. The van der Waals surface area contributed by atoms with Gasteiger partial charge in [-0.15, -0.1) is 0 Å². The Labute approximate surface area is 142 Å². The standard InChI is InChI=1S/C19H23FN4/c20-18-9-5-4-8-17(18)19(23-21)22-16-10-12-24(13-11-16)14-15-6-2-1-3-7-15/h1-9,16H,10-14,21H2,(H,22,23). The van der Waals surface area contributed by atoms with Gasteiger partial charge in [0.1, 0.15) is 5.82 Å². The molecule has 2 aromatic rings. The van der Waals surface area contributed by atoms with E-state index in [1.165, 1.54) is 11.6 Å². The number of nitrogens with one attached hydrogen (secondary N) is 1. The van der Waals surface area contributed by atoms with E-state index in [9.17, 15) is 4.39 Å². The van der Waals surface area contributed by atoms with Crippen LogP contribution in [0, 0.1) is 5.82 Å². The molecule has 1 saturated heterocycles. The van der Waals surface area contributed by atoms with E-state index in [0.717, 1.165) is 32.5 Å². The second kappa shape index (κ2) is 7.93. The zero-order chi connectivity index (χ0) is 16.8. The fraction of sp³-hybridized carbons (Fsp3) is 0.316. The number of amidine groups is 1. The van der Waals surface area contributed by atoms with Crippen molar-refractivity contribution in [2.75, 3.05) is 13.1 Å². The minimum atomic E-state index is -0.310. The number of hydrogen-bond donors (Lipinski definition) is 2. The van der Waals surface area contributed by atoms with Crippen molar-refractivity contribution in [1.82, 2.24) is 10.2 Å². The summed E-state index contributed by atoms with van der Waals surface area (Å²) < 4.78 is 13.9. The number of benzene rings is 2. The van der Waals surface area contributed by atoms with Gasteiger partial charge in [-0.3, -0.25) is 4.90 Å². The van der Waals surface area contributed by atoms with Crippen LogP contribution in [0.3, 0.4) is 0 Å². The molecule has 1 heterocycles. The SMILES string of the molecule is N/N=C(\NC1CCN(Cc2ccccc2)CC1)c1ccccc1F. The smallest absolute Gasteiger partial charge is 0.156 e. The third kappa shape index (κ3) is 4.11. The van der Waals surface area contributed by atoms with Crippen LogP contribution in [-0.4, -0.2) is 29.9 Å². The van der Waals surface area contributed by atoms with E-state index in [4.69, 9.17) is 5.84 Å². The maximum atomic E-state index is 13.9. The quantitative estimate of drug-likeness (QED) is 0.393. The molecular formula is C19H23FN4. The first-order valence-electron chi connectivity index (χ1n) is 8.32. The number of likely N-dealkylation sites (tertiary alicyclic amines) is 1. The van der Waals surface area contributed by atoms with Gasteiger partial charge in [-0.2, -0.15) is 5.10 Å². The molecular weight excluding hydrogens is 303 g/mol. The molecule has 1 aliphatic heterocycles. The Bertz CT molecular complexity index is 679. The van der Waals surface area contributed by atoms with Crippen LogP contribution in [0.5, 0.6) is 0 Å². The molecule has 0 unspecified atom stereocenters. The van der Waals surface area contributed by atoms with Crippen LogP contribution < -0.4 is 11.2 Å². The van der Waals surface area contributed by atoms with E-state index in [-0.39, 0.29) is 11.9 Å². The van der Waals surface area contributed by atoms with Gasteiger partial charge in [-0.05, 0) is 30.5 Å². The first-order valence-corrected chi connectivity index (χ1v) is 8.32. The number of rotatable bonds is 4. The van der Waals surface area contributed by atoms with E-state index in [1.54, 1.807) is 18.2 Å². The lowest BCUT2D eigenvalue weighted by molar-refractivity contribution is 0.199. The molecule has 0 aliphatic carbocycles. The second-order valence-corrected chi connectivity index (χ2v) is 6.14. The van der Waals surface area contributed by atoms with Crippen molar-refractivity contribution < 1.29 is 4.39 Å². The molecule has 2 aromatic carbocycles. The summed E-state index contributed by atoms with van der Waals surface area (Å²) >= 11 is 0. The highest BCUT2D eigenvalue weighted by molar-refractivity contribution is 5.99. The van der Waals surface area contributed by atoms with E-state index < -0.39 is 0 Å². The highest BCUT2D eigenvalue weighted by Crippen LogP contribution is 2.15. The van der Waals surface area contributed by atoms with Crippen molar-refractivity contribution in [1.29, 1.82) is 0 Å². The maximum Gasteiger partial charge on any atom is 0.156 e. The molecule has 0 aromatic heterocycles. The molecule has 4 nitrogen and oxygen atoms in total. The van der Waals surface area contributed by atoms with Crippen LogP contribution in [0.4, 0.5) is 4.39 Å². The lowest BCUT2D eigenvalue weighted by atomic mass is 10.0. The number of halogens is 1. The van der Waals surface area contributed by atoms with Crippen LogP contribution in [-0.2, 0) is 6.54 Å². The highest BCUT2D eigenvalue weighted by Gasteiger charge is 2.21. The molecule has 1 fully saturated rings. The number of hydrogen-bond acceptors (Lipinski definition) is 3. The molecule has 3 rings (SSSR count). The fourth-order valence-corrected chi connectivity index (χ4v) is 3.11. The average molecular weight is 326 g/mol. The molecule has 3 N–H and O–H groups in total. The zero-order valence-corrected chi connectivity index (χ0v) is 13.7. The largest absolute Gasteiger partial charge is 0.365 e. The maximum absolute atomic E-state index is 13.9. The number of nitrogens with zero attached hydrogens (tertiary/aromatic N) is 2. The zero-order valence-electron chi connectivity index (χ0n) is 13.7. The molecule has 0 bridgehead atoms. The van der Waals surface area contributed by atoms with Gasteiger partial charge < -0.3 is 11.2 Å². The molecule has 0 radical (unpaired) electrons. The van der Waals surface area contributed by atoms with Crippen molar-refractivity contribution >= 4 is 5.84 Å². The van der Waals surface area contributed by atoms with Crippen molar-refractivity contribution in [2.45, 2.75) is 25.4 Å². The Kier molecular flexibility index (Phi) is 5.43. The summed E-state index contributed by atoms with van der Waals surface area (Å²) in [4.78, 5) is 2.44. The molecule has 24 heavy (non-hydrogen) atoms. The van der Waals surface area contributed by atoms with Crippen molar-refractivity contribution in [3.8, 4) is 0 Å². The first-order chi connectivity index (χ1) is 11.8. The summed E-state index contributed by atoms with van der Waals surface area (Å²) in [6.45, 7) is 2.97. The van der Waals surface area contributed by atoms with Crippen molar-refractivity contribution in [2.24, 2.45) is 10.9 Å². The lowest BCUT2D eigenvalue weighted by Gasteiger charge is -2.33. The van der Waals surface area contributed by atoms with Crippen molar-refractivity contribution in [3.05, 3.63) is 71.5 Å². The number of piperidine rings is 1. The van der Waals surface area contributed by atoms with Gasteiger partial charge in [0, 0.05) is 25.7 Å². The van der Waals surface area contributed by atoms with E-state index >= 15 is 0 Å². The monoisotopic (exact) mass is 326 g/mol. The summed E-state index contributed by atoms with van der Waals surface area (Å²) in [5.41, 5.74) is 1.76. The first kappa shape index (κ1) is 16.5. The predicted octanol–water partition coefficient (Wildman–Crippen LogP) is 2.70. The minimum Gasteiger partial charge on any atom is -0.365 e. The van der Waals surface area contributed by atoms with Gasteiger partial charge in [0.05, 0.1) is 5.56 Å². The van der Waals surface area contributed by atoms with Gasteiger partial charge in [0.15, 0.2) is 5.84 Å². The van der Waals surface area contributed by atoms with Gasteiger partial charge >= 0.3 is 0 Å². The molecule has 126 valence electrons. The van der Waals surface area contributed by atoms with Crippen molar-refractivity contribution in [3.63, 3.8) is 0 Å². The third-order valence-electron chi connectivity index (χ3n) is 4.44. The summed E-state index contributed by atoms with van der Waals surface area (Å²) in [6, 6.07) is 17.3. The molecule has 5 heteroatoms. The minimum absolute atomic E-state index is 0.263. The average Bonchev–Trinajstić information content (AvgIpc) is 2.63. The topological polar surface area (TPSA) is 53.6 Å². The van der Waals surface area contributed by atoms with Gasteiger partial charge in [-0.1, -0.05) is 42.5 Å². The summed E-state index contributed by atoms with van der Waals surface area (Å²) in [7, 11) is 0. The molecule has 0 spiro atoms. The second-order valence-electron chi connectivity index (χ2n) is 6.14. The van der Waals surface area contributed by atoms with E-state index in [0.29, 0.717) is 11.4 Å². The summed E-state index contributed by atoms with van der Waals surface area (Å²) in [6.07, 6.45) is 1.97. The van der Waals surface area contributed by atoms with Crippen LogP contribution in [0.1, 0.15) is 24.0 Å². The Morgan fingerprint density at radius 3 is 2.42 bits per heavy atom. The normalized spacial score (nSPS) is 17.0. The number of hydrazone groups is 1. The Morgan fingerprint density at radius 1 is 1.08 bits per heavy atom. The summed E-state index contributed by atoms with van der Waals surface area (Å²) in [5.74, 6) is 5.58. The Morgan fingerprint density at radius 2 is 1.75 bits per heavy atom. The van der Waals surface area contributed by atoms with Gasteiger partial charge in [-0.25, -0.2) is 4.39 Å². The van der Waals surface area contributed by atoms with Crippen LogP contribution in [0.15, 0.2) is 59.7 Å². The van der Waals surface area contributed by atoms with Crippen LogP contribution in [0.2, 0.25) is 0 Å².